The molecular formula is C41H51F5N4O9Si. The van der Waals surface area contributed by atoms with Gasteiger partial charge in [0.2, 0.25) is 0 Å². The van der Waals surface area contributed by atoms with Crippen LogP contribution in [0, 0.1) is 21.7 Å². The number of ether oxygens (including phenoxy) is 5. The predicted molar refractivity (Wildman–Crippen MR) is 217 cm³/mol. The van der Waals surface area contributed by atoms with Gasteiger partial charge in [-0.25, -0.2) is 13.6 Å². The third-order valence-corrected chi connectivity index (χ3v) is 15.4. The van der Waals surface area contributed by atoms with Crippen molar-refractivity contribution in [3.05, 3.63) is 57.6 Å². The molecule has 1 unspecified atom stereocenters. The number of halogens is 5. The standard InChI is InChI=1S/C41H51F5N4O9Si/c1-10-55-37(51)24(2)56-17-14-27-30(42)13-12-25-18-26(58-23-54-7)19-28(32(25)27)33-31(50(52)53)20-29-35(34(33)43)47-38(57-22-41(44,45)46)48-36(29)49-16-11-15-40(6,21-49)59-60(8,9)39(3,4)5/h12-13,18-20,24H,10-11,14-17,21-23H2,1-9H3/t24?,40-/m1/s1. The van der Waals surface area contributed by atoms with Crippen LogP contribution in [0.2, 0.25) is 18.1 Å². The fourth-order valence-electron chi connectivity index (χ4n) is 7.07. The topological polar surface area (TPSA) is 145 Å². The largest absolute Gasteiger partial charge is 0.468 e. The van der Waals surface area contributed by atoms with Crippen molar-refractivity contribution in [1.82, 2.24) is 9.97 Å². The lowest BCUT2D eigenvalue weighted by atomic mass is 9.90. The number of nitrogens with zero attached hydrogens (tertiary/aromatic N) is 4. The van der Waals surface area contributed by atoms with Gasteiger partial charge in [0.15, 0.2) is 33.6 Å². The zero-order valence-electron chi connectivity index (χ0n) is 35.2. The Bertz CT molecular complexity index is 2240. The summed E-state index contributed by atoms with van der Waals surface area (Å²) in [4.78, 5) is 34.5. The van der Waals surface area contributed by atoms with Crippen LogP contribution in [-0.2, 0) is 29.9 Å². The summed E-state index contributed by atoms with van der Waals surface area (Å²) in [5, 5.41) is 13.1. The number of methoxy groups -OCH3 is 1. The molecule has 328 valence electrons. The second-order valence-electron chi connectivity index (χ2n) is 16.5. The molecule has 1 fully saturated rings. The predicted octanol–water partition coefficient (Wildman–Crippen LogP) is 9.45. The summed E-state index contributed by atoms with van der Waals surface area (Å²) >= 11 is 0. The highest BCUT2D eigenvalue weighted by Crippen LogP contribution is 2.47. The average Bonchev–Trinajstić information content (AvgIpc) is 3.15. The Kier molecular flexibility index (Phi) is 14.0. The number of carbonyl (C=O) groups excluding carboxylic acids is 1. The number of anilines is 1. The van der Waals surface area contributed by atoms with Gasteiger partial charge in [-0.1, -0.05) is 26.8 Å². The van der Waals surface area contributed by atoms with Crippen LogP contribution in [0.5, 0.6) is 11.8 Å². The fourth-order valence-corrected chi connectivity index (χ4v) is 8.78. The lowest BCUT2D eigenvalue weighted by Gasteiger charge is -2.48. The summed E-state index contributed by atoms with van der Waals surface area (Å²) in [6.45, 7) is 13.8. The van der Waals surface area contributed by atoms with E-state index in [1.165, 1.54) is 32.2 Å². The first-order chi connectivity index (χ1) is 28.0. The molecule has 0 amide bonds. The molecule has 3 aromatic carbocycles. The number of hydrogen-bond acceptors (Lipinski definition) is 12. The maximum absolute atomic E-state index is 17.6. The number of carbonyl (C=O) groups is 1. The number of piperidine rings is 1. The summed E-state index contributed by atoms with van der Waals surface area (Å²) in [5.74, 6) is -2.71. The van der Waals surface area contributed by atoms with Gasteiger partial charge in [0.25, 0.3) is 5.69 Å². The molecule has 0 spiro atoms. The Morgan fingerprint density at radius 2 is 1.82 bits per heavy atom. The van der Waals surface area contributed by atoms with Crippen LogP contribution in [0.3, 0.4) is 0 Å². The van der Waals surface area contributed by atoms with E-state index in [0.29, 0.717) is 19.4 Å². The molecular weight excluding hydrogens is 816 g/mol. The van der Waals surface area contributed by atoms with Crippen molar-refractivity contribution in [2.45, 2.75) is 96.8 Å². The summed E-state index contributed by atoms with van der Waals surface area (Å²) in [7, 11) is -1.01. The number of esters is 1. The molecule has 2 atom stereocenters. The summed E-state index contributed by atoms with van der Waals surface area (Å²) in [6.07, 6.45) is -4.80. The van der Waals surface area contributed by atoms with Crippen molar-refractivity contribution in [2.24, 2.45) is 0 Å². The van der Waals surface area contributed by atoms with Crippen LogP contribution in [-0.4, -0.2) is 93.9 Å². The quantitative estimate of drug-likeness (QED) is 0.0264. The van der Waals surface area contributed by atoms with E-state index in [-0.39, 0.29) is 76.9 Å². The molecule has 1 aliphatic heterocycles. The molecule has 1 aliphatic rings. The number of aromatic nitrogens is 2. The van der Waals surface area contributed by atoms with Gasteiger partial charge in [-0.15, -0.1) is 0 Å². The Labute approximate surface area is 345 Å². The molecule has 0 radical (unpaired) electrons. The molecule has 1 saturated heterocycles. The van der Waals surface area contributed by atoms with Crippen LogP contribution in [0.4, 0.5) is 33.5 Å². The van der Waals surface area contributed by atoms with Crippen LogP contribution < -0.4 is 14.4 Å². The molecule has 60 heavy (non-hydrogen) atoms. The lowest BCUT2D eigenvalue weighted by Crippen LogP contribution is -2.55. The van der Waals surface area contributed by atoms with Crippen molar-refractivity contribution >= 4 is 47.5 Å². The molecule has 0 bridgehead atoms. The van der Waals surface area contributed by atoms with E-state index in [0.717, 1.165) is 12.1 Å². The Morgan fingerprint density at radius 3 is 2.45 bits per heavy atom. The number of fused-ring (bicyclic) bond motifs is 2. The van der Waals surface area contributed by atoms with E-state index in [9.17, 15) is 28.1 Å². The van der Waals surface area contributed by atoms with E-state index in [2.05, 4.69) is 43.8 Å². The van der Waals surface area contributed by atoms with Gasteiger partial charge in [0, 0.05) is 31.8 Å². The molecule has 13 nitrogen and oxygen atoms in total. The number of nitro groups is 1. The normalized spacial score (nSPS) is 16.9. The molecule has 1 aromatic heterocycles. The lowest BCUT2D eigenvalue weighted by molar-refractivity contribution is -0.384. The minimum atomic E-state index is -4.81. The smallest absolute Gasteiger partial charge is 0.422 e. The summed E-state index contributed by atoms with van der Waals surface area (Å²) in [6, 6.07) is 5.58. The highest BCUT2D eigenvalue weighted by Gasteiger charge is 2.45. The first-order valence-electron chi connectivity index (χ1n) is 19.5. The molecule has 2 heterocycles. The van der Waals surface area contributed by atoms with E-state index < -0.39 is 78.1 Å². The number of benzene rings is 3. The van der Waals surface area contributed by atoms with Gasteiger partial charge >= 0.3 is 18.2 Å². The van der Waals surface area contributed by atoms with Crippen molar-refractivity contribution in [3.63, 3.8) is 0 Å². The monoisotopic (exact) mass is 866 g/mol. The molecule has 4 aromatic rings. The Balaban J connectivity index is 1.77. The van der Waals surface area contributed by atoms with Crippen molar-refractivity contribution in [3.8, 4) is 22.9 Å². The molecule has 0 saturated carbocycles. The zero-order valence-corrected chi connectivity index (χ0v) is 36.2. The summed E-state index contributed by atoms with van der Waals surface area (Å²) < 4.78 is 107. The Hall–Kier alpha value is -4.72. The summed E-state index contributed by atoms with van der Waals surface area (Å²) in [5.41, 5.74) is -2.98. The molecule has 19 heteroatoms. The van der Waals surface area contributed by atoms with Gasteiger partial charge in [0.1, 0.15) is 22.9 Å². The van der Waals surface area contributed by atoms with Gasteiger partial charge in [-0.3, -0.25) is 10.1 Å². The Morgan fingerprint density at radius 1 is 1.10 bits per heavy atom. The molecule has 5 rings (SSSR count). The van der Waals surface area contributed by atoms with Crippen LogP contribution in [0.1, 0.15) is 59.9 Å². The minimum absolute atomic E-state index is 0.0300. The number of hydrogen-bond donors (Lipinski definition) is 0. The van der Waals surface area contributed by atoms with E-state index in [1.54, 1.807) is 11.8 Å². The van der Waals surface area contributed by atoms with Gasteiger partial charge in [-0.05, 0) is 92.7 Å². The van der Waals surface area contributed by atoms with E-state index in [4.69, 9.17) is 28.1 Å². The highest BCUT2D eigenvalue weighted by atomic mass is 28.4. The highest BCUT2D eigenvalue weighted by molar-refractivity contribution is 6.74. The van der Waals surface area contributed by atoms with Crippen LogP contribution >= 0.6 is 0 Å². The van der Waals surface area contributed by atoms with Gasteiger partial charge in [-0.2, -0.15) is 23.1 Å². The minimum Gasteiger partial charge on any atom is -0.468 e. The maximum atomic E-state index is 17.6. The number of alkyl halides is 3. The van der Waals surface area contributed by atoms with E-state index in [1.807, 2.05) is 6.92 Å². The third kappa shape index (κ3) is 10.4. The second-order valence-corrected chi connectivity index (χ2v) is 21.2. The molecule has 0 aliphatic carbocycles. The van der Waals surface area contributed by atoms with Crippen molar-refractivity contribution < 1.29 is 59.8 Å². The fraction of sp³-hybridized carbons (Fsp3) is 0.537. The maximum Gasteiger partial charge on any atom is 0.422 e. The first-order valence-corrected chi connectivity index (χ1v) is 22.4. The number of nitro benzene ring substituents is 1. The first kappa shape index (κ1) is 46.3. The van der Waals surface area contributed by atoms with E-state index >= 15 is 8.78 Å². The van der Waals surface area contributed by atoms with Crippen molar-refractivity contribution in [1.29, 1.82) is 0 Å². The van der Waals surface area contributed by atoms with Crippen LogP contribution in [0.25, 0.3) is 32.8 Å². The van der Waals surface area contributed by atoms with Crippen LogP contribution in [0.15, 0.2) is 30.3 Å². The zero-order chi connectivity index (χ0) is 44.4. The van der Waals surface area contributed by atoms with Crippen molar-refractivity contribution in [2.75, 3.05) is 51.7 Å². The number of rotatable bonds is 16. The third-order valence-electron chi connectivity index (χ3n) is 10.8. The van der Waals surface area contributed by atoms with Gasteiger partial charge < -0.3 is 33.0 Å². The average molecular weight is 867 g/mol. The molecule has 0 N–H and O–H groups in total. The SMILES string of the molecule is CCOC(=O)C(C)OCCc1c(F)ccc2cc(OCOC)cc(-c3c([N+](=O)[O-])cc4c(N5CCC[C@@](C)(O[Si](C)(C)C(C)(C)C)C5)nc(OCC(F)(F)F)nc4c3F)c12. The second kappa shape index (κ2) is 18.1. The van der Waals surface area contributed by atoms with Gasteiger partial charge in [0.05, 0.1) is 34.7 Å².